The third-order valence-electron chi connectivity index (χ3n) is 1.71. The van der Waals surface area contributed by atoms with Gasteiger partial charge in [-0.15, -0.1) is 0 Å². The van der Waals surface area contributed by atoms with E-state index in [1.54, 1.807) is 0 Å². The number of ether oxygens (including phenoxy) is 1. The maximum atomic E-state index is 11.0. The van der Waals surface area contributed by atoms with E-state index in [1.165, 1.54) is 0 Å². The number of carbonyl (C=O) groups is 2. The highest BCUT2D eigenvalue weighted by Crippen LogP contribution is 2.02. The highest BCUT2D eigenvalue weighted by molar-refractivity contribution is 5.75. The number of rotatable bonds is 6. The monoisotopic (exact) mass is 187 g/mol. The zero-order chi connectivity index (χ0) is 10.3. The number of amides is 1. The lowest BCUT2D eigenvalue weighted by Crippen LogP contribution is -2.15. The SMILES string of the molecule is CCC(C)OC(=O)CCCC(N)=O. The van der Waals surface area contributed by atoms with Crippen molar-refractivity contribution in [3.05, 3.63) is 0 Å². The van der Waals surface area contributed by atoms with Crippen molar-refractivity contribution in [2.75, 3.05) is 0 Å². The van der Waals surface area contributed by atoms with E-state index in [2.05, 4.69) is 0 Å². The van der Waals surface area contributed by atoms with Crippen LogP contribution in [0, 0.1) is 0 Å². The first kappa shape index (κ1) is 11.9. The summed E-state index contributed by atoms with van der Waals surface area (Å²) in [5, 5.41) is 0. The van der Waals surface area contributed by atoms with E-state index >= 15 is 0 Å². The maximum Gasteiger partial charge on any atom is 0.306 e. The Balaban J connectivity index is 3.46. The van der Waals surface area contributed by atoms with Crippen molar-refractivity contribution in [1.29, 1.82) is 0 Å². The van der Waals surface area contributed by atoms with Crippen molar-refractivity contribution < 1.29 is 14.3 Å². The predicted octanol–water partition coefficient (Wildman–Crippen LogP) is 0.984. The molecule has 0 aliphatic carbocycles. The van der Waals surface area contributed by atoms with Crippen molar-refractivity contribution in [3.8, 4) is 0 Å². The van der Waals surface area contributed by atoms with Crippen LogP contribution in [0.4, 0.5) is 0 Å². The van der Waals surface area contributed by atoms with Gasteiger partial charge < -0.3 is 10.5 Å². The summed E-state index contributed by atoms with van der Waals surface area (Å²) in [5.41, 5.74) is 4.92. The van der Waals surface area contributed by atoms with E-state index < -0.39 is 0 Å². The molecule has 0 aromatic rings. The molecule has 0 aliphatic rings. The number of esters is 1. The first-order valence-electron chi connectivity index (χ1n) is 4.54. The predicted molar refractivity (Wildman–Crippen MR) is 48.9 cm³/mol. The molecule has 2 N–H and O–H groups in total. The van der Waals surface area contributed by atoms with Crippen molar-refractivity contribution in [1.82, 2.24) is 0 Å². The molecule has 0 heterocycles. The van der Waals surface area contributed by atoms with Crippen LogP contribution in [0.3, 0.4) is 0 Å². The molecular weight excluding hydrogens is 170 g/mol. The molecule has 0 rings (SSSR count). The normalized spacial score (nSPS) is 12.2. The van der Waals surface area contributed by atoms with Crippen LogP contribution in [-0.4, -0.2) is 18.0 Å². The summed E-state index contributed by atoms with van der Waals surface area (Å²) >= 11 is 0. The zero-order valence-electron chi connectivity index (χ0n) is 8.21. The Bertz CT molecular complexity index is 180. The molecule has 0 radical (unpaired) electrons. The molecule has 0 saturated heterocycles. The summed E-state index contributed by atoms with van der Waals surface area (Å²) in [7, 11) is 0. The molecule has 1 amide bonds. The van der Waals surface area contributed by atoms with Crippen LogP contribution in [-0.2, 0) is 14.3 Å². The van der Waals surface area contributed by atoms with E-state index in [0.717, 1.165) is 6.42 Å². The highest BCUT2D eigenvalue weighted by atomic mass is 16.5. The summed E-state index contributed by atoms with van der Waals surface area (Å²) in [6.45, 7) is 3.79. The fourth-order valence-electron chi connectivity index (χ4n) is 0.774. The Morgan fingerprint density at radius 2 is 2.00 bits per heavy atom. The van der Waals surface area contributed by atoms with Gasteiger partial charge in [-0.2, -0.15) is 0 Å². The molecule has 1 unspecified atom stereocenters. The van der Waals surface area contributed by atoms with Crippen LogP contribution in [0.1, 0.15) is 39.5 Å². The molecule has 1 atom stereocenters. The van der Waals surface area contributed by atoms with Crippen molar-refractivity contribution >= 4 is 11.9 Å². The third-order valence-corrected chi connectivity index (χ3v) is 1.71. The van der Waals surface area contributed by atoms with Gasteiger partial charge >= 0.3 is 5.97 Å². The summed E-state index contributed by atoms with van der Waals surface area (Å²) in [4.78, 5) is 21.3. The lowest BCUT2D eigenvalue weighted by Gasteiger charge is -2.09. The van der Waals surface area contributed by atoms with Gasteiger partial charge in [-0.1, -0.05) is 6.92 Å². The van der Waals surface area contributed by atoms with Gasteiger partial charge in [-0.05, 0) is 19.8 Å². The number of carbonyl (C=O) groups excluding carboxylic acids is 2. The van der Waals surface area contributed by atoms with Gasteiger partial charge in [0, 0.05) is 12.8 Å². The Morgan fingerprint density at radius 3 is 2.46 bits per heavy atom. The average Bonchev–Trinajstić information content (AvgIpc) is 2.03. The van der Waals surface area contributed by atoms with Gasteiger partial charge in [0.25, 0.3) is 0 Å². The van der Waals surface area contributed by atoms with Gasteiger partial charge in [0.1, 0.15) is 0 Å². The Morgan fingerprint density at radius 1 is 1.38 bits per heavy atom. The molecule has 0 fully saturated rings. The van der Waals surface area contributed by atoms with E-state index in [9.17, 15) is 9.59 Å². The highest BCUT2D eigenvalue weighted by Gasteiger charge is 2.07. The summed E-state index contributed by atoms with van der Waals surface area (Å²) in [6, 6.07) is 0. The Hall–Kier alpha value is -1.06. The number of hydrogen-bond acceptors (Lipinski definition) is 3. The molecule has 0 aromatic carbocycles. The molecule has 4 nitrogen and oxygen atoms in total. The van der Waals surface area contributed by atoms with E-state index in [0.29, 0.717) is 6.42 Å². The van der Waals surface area contributed by atoms with Gasteiger partial charge in [0.2, 0.25) is 5.91 Å². The minimum absolute atomic E-state index is 0.0407. The molecule has 76 valence electrons. The van der Waals surface area contributed by atoms with Crippen molar-refractivity contribution in [2.45, 2.75) is 45.6 Å². The topological polar surface area (TPSA) is 69.4 Å². The molecule has 4 heteroatoms. The number of nitrogens with two attached hydrogens (primary N) is 1. The Kier molecular flexibility index (Phi) is 5.93. The second kappa shape index (κ2) is 6.46. The number of hydrogen-bond donors (Lipinski definition) is 1. The van der Waals surface area contributed by atoms with Crippen molar-refractivity contribution in [3.63, 3.8) is 0 Å². The van der Waals surface area contributed by atoms with Crippen LogP contribution < -0.4 is 5.73 Å². The summed E-state index contributed by atoms with van der Waals surface area (Å²) in [6.07, 6.45) is 1.76. The molecule has 0 bridgehead atoms. The van der Waals surface area contributed by atoms with Gasteiger partial charge in [0.15, 0.2) is 0 Å². The maximum absolute atomic E-state index is 11.0. The minimum Gasteiger partial charge on any atom is -0.463 e. The smallest absolute Gasteiger partial charge is 0.306 e. The van der Waals surface area contributed by atoms with Gasteiger partial charge in [0.05, 0.1) is 6.10 Å². The molecule has 13 heavy (non-hydrogen) atoms. The van der Waals surface area contributed by atoms with E-state index in [4.69, 9.17) is 10.5 Å². The molecule has 0 spiro atoms. The molecule has 0 aromatic heterocycles. The first-order valence-corrected chi connectivity index (χ1v) is 4.54. The van der Waals surface area contributed by atoms with Crippen molar-refractivity contribution in [2.24, 2.45) is 5.73 Å². The first-order chi connectivity index (χ1) is 6.06. The average molecular weight is 187 g/mol. The lowest BCUT2D eigenvalue weighted by atomic mass is 10.2. The second-order valence-electron chi connectivity index (χ2n) is 3.03. The molecule has 0 aliphatic heterocycles. The van der Waals surface area contributed by atoms with Gasteiger partial charge in [-0.3, -0.25) is 9.59 Å². The quantitative estimate of drug-likeness (QED) is 0.630. The lowest BCUT2D eigenvalue weighted by molar-refractivity contribution is -0.148. The van der Waals surface area contributed by atoms with Crippen LogP contribution in [0.15, 0.2) is 0 Å². The third kappa shape index (κ3) is 7.31. The van der Waals surface area contributed by atoms with Crippen LogP contribution in [0.2, 0.25) is 0 Å². The fourth-order valence-corrected chi connectivity index (χ4v) is 0.774. The van der Waals surface area contributed by atoms with Gasteiger partial charge in [-0.25, -0.2) is 0 Å². The fraction of sp³-hybridized carbons (Fsp3) is 0.778. The summed E-state index contributed by atoms with van der Waals surface area (Å²) < 4.78 is 4.99. The Labute approximate surface area is 78.4 Å². The summed E-state index contributed by atoms with van der Waals surface area (Å²) in [5.74, 6) is -0.632. The van der Waals surface area contributed by atoms with E-state index in [-0.39, 0.29) is 30.8 Å². The molecular formula is C9H17NO3. The largest absolute Gasteiger partial charge is 0.463 e. The van der Waals surface area contributed by atoms with Crippen LogP contribution >= 0.6 is 0 Å². The number of primary amides is 1. The van der Waals surface area contributed by atoms with Crippen LogP contribution in [0.25, 0.3) is 0 Å². The van der Waals surface area contributed by atoms with E-state index in [1.807, 2.05) is 13.8 Å². The second-order valence-corrected chi connectivity index (χ2v) is 3.03. The van der Waals surface area contributed by atoms with Crippen LogP contribution in [0.5, 0.6) is 0 Å². The minimum atomic E-state index is -0.378. The zero-order valence-corrected chi connectivity index (χ0v) is 8.21. The standard InChI is InChI=1S/C9H17NO3/c1-3-7(2)13-9(12)6-4-5-8(10)11/h7H,3-6H2,1-2H3,(H2,10,11). The molecule has 0 saturated carbocycles.